The van der Waals surface area contributed by atoms with Gasteiger partial charge < -0.3 is 19.3 Å². The molecule has 0 saturated carbocycles. The Morgan fingerprint density at radius 1 is 1.11 bits per heavy atom. The summed E-state index contributed by atoms with van der Waals surface area (Å²) in [6.45, 7) is 3.10. The summed E-state index contributed by atoms with van der Waals surface area (Å²) < 4.78 is 10.1. The first kappa shape index (κ1) is 13.1. The van der Waals surface area contributed by atoms with Crippen molar-refractivity contribution >= 4 is 12.0 Å². The number of methoxy groups -OCH3 is 1. The second-order valence-electron chi connectivity index (χ2n) is 4.64. The van der Waals surface area contributed by atoms with Crippen LogP contribution in [-0.2, 0) is 14.3 Å². The van der Waals surface area contributed by atoms with Gasteiger partial charge in [-0.05, 0) is 19.3 Å². The Morgan fingerprint density at radius 2 is 1.83 bits per heavy atom. The van der Waals surface area contributed by atoms with Crippen LogP contribution in [0, 0.1) is 0 Å². The number of carbonyl (C=O) groups excluding carboxylic acids is 2. The third-order valence-electron chi connectivity index (χ3n) is 3.45. The lowest BCUT2D eigenvalue weighted by Crippen LogP contribution is -2.41. The highest BCUT2D eigenvalue weighted by Gasteiger charge is 2.30. The largest absolute Gasteiger partial charge is 0.453 e. The molecule has 0 bridgehead atoms. The van der Waals surface area contributed by atoms with E-state index in [9.17, 15) is 9.59 Å². The molecular weight excluding hydrogens is 236 g/mol. The Kier molecular flexibility index (Phi) is 4.41. The lowest BCUT2D eigenvalue weighted by atomic mass is 10.2. The molecule has 1 atom stereocenters. The van der Waals surface area contributed by atoms with Crippen molar-refractivity contribution in [3.63, 3.8) is 0 Å². The minimum absolute atomic E-state index is 0.0687. The summed E-state index contributed by atoms with van der Waals surface area (Å²) in [4.78, 5) is 27.0. The van der Waals surface area contributed by atoms with E-state index in [1.807, 2.05) is 0 Å². The van der Waals surface area contributed by atoms with Gasteiger partial charge in [0.25, 0.3) is 5.91 Å². The van der Waals surface area contributed by atoms with Crippen molar-refractivity contribution in [2.24, 2.45) is 0 Å². The number of hydrogen-bond donors (Lipinski definition) is 0. The molecule has 0 spiro atoms. The molecule has 2 saturated heterocycles. The Bertz CT molecular complexity index is 315. The van der Waals surface area contributed by atoms with Crippen molar-refractivity contribution in [3.05, 3.63) is 0 Å². The lowest BCUT2D eigenvalue weighted by Gasteiger charge is -2.23. The van der Waals surface area contributed by atoms with Crippen LogP contribution in [0.4, 0.5) is 4.79 Å². The maximum Gasteiger partial charge on any atom is 0.409 e. The summed E-state index contributed by atoms with van der Waals surface area (Å²) in [5.74, 6) is 0.0687. The predicted octanol–water partition coefficient (Wildman–Crippen LogP) is 0.466. The van der Waals surface area contributed by atoms with Crippen LogP contribution >= 0.6 is 0 Å². The van der Waals surface area contributed by atoms with Gasteiger partial charge in [0.15, 0.2) is 0 Å². The van der Waals surface area contributed by atoms with E-state index in [-0.39, 0.29) is 18.1 Å². The molecule has 6 heteroatoms. The highest BCUT2D eigenvalue weighted by Crippen LogP contribution is 2.16. The summed E-state index contributed by atoms with van der Waals surface area (Å²) >= 11 is 0. The van der Waals surface area contributed by atoms with Gasteiger partial charge in [0, 0.05) is 32.8 Å². The number of hydrogen-bond acceptors (Lipinski definition) is 4. The van der Waals surface area contributed by atoms with Crippen LogP contribution in [0.5, 0.6) is 0 Å². The molecule has 2 aliphatic heterocycles. The van der Waals surface area contributed by atoms with Gasteiger partial charge in [0.05, 0.1) is 7.11 Å². The first-order valence-corrected chi connectivity index (χ1v) is 6.45. The molecule has 0 N–H and O–H groups in total. The van der Waals surface area contributed by atoms with Gasteiger partial charge in [0.1, 0.15) is 6.10 Å². The van der Waals surface area contributed by atoms with Crippen molar-refractivity contribution < 1.29 is 19.1 Å². The van der Waals surface area contributed by atoms with Gasteiger partial charge in [-0.3, -0.25) is 4.79 Å². The van der Waals surface area contributed by atoms with Gasteiger partial charge >= 0.3 is 6.09 Å². The Hall–Kier alpha value is -1.30. The average molecular weight is 256 g/mol. The topological polar surface area (TPSA) is 59.1 Å². The fourth-order valence-electron chi connectivity index (χ4n) is 2.43. The number of rotatable bonds is 1. The smallest absolute Gasteiger partial charge is 0.409 e. The summed E-state index contributed by atoms with van der Waals surface area (Å²) in [6, 6.07) is 0. The summed E-state index contributed by atoms with van der Waals surface area (Å²) in [6.07, 6.45) is 1.97. The molecule has 1 unspecified atom stereocenters. The molecule has 0 aromatic carbocycles. The van der Waals surface area contributed by atoms with Gasteiger partial charge in [-0.1, -0.05) is 0 Å². The Labute approximate surface area is 107 Å². The molecule has 0 aromatic heterocycles. The maximum absolute atomic E-state index is 12.2. The number of carbonyl (C=O) groups is 2. The van der Waals surface area contributed by atoms with Crippen molar-refractivity contribution in [3.8, 4) is 0 Å². The van der Waals surface area contributed by atoms with Gasteiger partial charge in [-0.25, -0.2) is 4.79 Å². The molecular formula is C12H20N2O4. The zero-order chi connectivity index (χ0) is 13.0. The summed E-state index contributed by atoms with van der Waals surface area (Å²) in [5.41, 5.74) is 0. The van der Waals surface area contributed by atoms with Gasteiger partial charge in [0.2, 0.25) is 0 Å². The van der Waals surface area contributed by atoms with E-state index in [1.54, 1.807) is 9.80 Å². The molecule has 102 valence electrons. The van der Waals surface area contributed by atoms with Crippen LogP contribution in [0.15, 0.2) is 0 Å². The minimum atomic E-state index is -0.318. The van der Waals surface area contributed by atoms with Crippen molar-refractivity contribution in [1.82, 2.24) is 9.80 Å². The highest BCUT2D eigenvalue weighted by atomic mass is 16.5. The first-order valence-electron chi connectivity index (χ1n) is 6.45. The molecule has 0 aliphatic carbocycles. The monoisotopic (exact) mass is 256 g/mol. The standard InChI is InChI=1S/C12H20N2O4/c1-17-12(16)14-6-3-5-13(7-8-14)11(15)10-4-2-9-18-10/h10H,2-9H2,1H3. The minimum Gasteiger partial charge on any atom is -0.453 e. The lowest BCUT2D eigenvalue weighted by molar-refractivity contribution is -0.140. The van der Waals surface area contributed by atoms with Crippen LogP contribution < -0.4 is 0 Å². The Balaban J connectivity index is 1.88. The third-order valence-corrected chi connectivity index (χ3v) is 3.45. The SMILES string of the molecule is COC(=O)N1CCCN(C(=O)C2CCCO2)CC1. The van der Waals surface area contributed by atoms with Crippen LogP contribution in [0.2, 0.25) is 0 Å². The van der Waals surface area contributed by atoms with Crippen LogP contribution in [0.1, 0.15) is 19.3 Å². The Morgan fingerprint density at radius 3 is 2.50 bits per heavy atom. The maximum atomic E-state index is 12.2. The van der Waals surface area contributed by atoms with Crippen molar-refractivity contribution in [2.75, 3.05) is 39.9 Å². The summed E-state index contributed by atoms with van der Waals surface area (Å²) in [5, 5.41) is 0. The number of amides is 2. The fraction of sp³-hybridized carbons (Fsp3) is 0.833. The van der Waals surface area contributed by atoms with Crippen LogP contribution in [-0.4, -0.2) is 67.8 Å². The zero-order valence-corrected chi connectivity index (χ0v) is 10.8. The van der Waals surface area contributed by atoms with E-state index in [0.29, 0.717) is 32.8 Å². The van der Waals surface area contributed by atoms with E-state index < -0.39 is 0 Å². The molecule has 2 fully saturated rings. The van der Waals surface area contributed by atoms with Crippen molar-refractivity contribution in [2.45, 2.75) is 25.4 Å². The van der Waals surface area contributed by atoms with Crippen LogP contribution in [0.3, 0.4) is 0 Å². The molecule has 2 rings (SSSR count). The third kappa shape index (κ3) is 2.93. The average Bonchev–Trinajstić information content (AvgIpc) is 2.81. The van der Waals surface area contributed by atoms with E-state index >= 15 is 0 Å². The van der Waals surface area contributed by atoms with Gasteiger partial charge in [-0.2, -0.15) is 0 Å². The van der Waals surface area contributed by atoms with E-state index in [2.05, 4.69) is 0 Å². The number of ether oxygens (including phenoxy) is 2. The van der Waals surface area contributed by atoms with E-state index in [4.69, 9.17) is 9.47 Å². The molecule has 0 radical (unpaired) electrons. The van der Waals surface area contributed by atoms with Gasteiger partial charge in [-0.15, -0.1) is 0 Å². The quantitative estimate of drug-likeness (QED) is 0.684. The second-order valence-corrected chi connectivity index (χ2v) is 4.64. The first-order chi connectivity index (χ1) is 8.72. The predicted molar refractivity (Wildman–Crippen MR) is 64.1 cm³/mol. The van der Waals surface area contributed by atoms with Crippen molar-refractivity contribution in [1.29, 1.82) is 0 Å². The normalized spacial score (nSPS) is 24.8. The molecule has 2 aliphatic rings. The second kappa shape index (κ2) is 6.04. The van der Waals surface area contributed by atoms with E-state index in [0.717, 1.165) is 19.3 Å². The highest BCUT2D eigenvalue weighted by molar-refractivity contribution is 5.81. The summed E-state index contributed by atoms with van der Waals surface area (Å²) in [7, 11) is 1.38. The van der Waals surface area contributed by atoms with E-state index in [1.165, 1.54) is 7.11 Å². The molecule has 18 heavy (non-hydrogen) atoms. The number of nitrogens with zero attached hydrogens (tertiary/aromatic N) is 2. The molecule has 0 aromatic rings. The molecule has 2 amide bonds. The molecule has 2 heterocycles. The van der Waals surface area contributed by atoms with Crippen LogP contribution in [0.25, 0.3) is 0 Å². The zero-order valence-electron chi connectivity index (χ0n) is 10.8. The molecule has 6 nitrogen and oxygen atoms in total. The fourth-order valence-corrected chi connectivity index (χ4v) is 2.43.